The van der Waals surface area contributed by atoms with Crippen molar-refractivity contribution in [2.45, 2.75) is 58.9 Å². The highest BCUT2D eigenvalue weighted by molar-refractivity contribution is 6.06. The summed E-state index contributed by atoms with van der Waals surface area (Å²) in [4.78, 5) is 29.3. The molecule has 1 fully saturated rings. The summed E-state index contributed by atoms with van der Waals surface area (Å²) in [6.07, 6.45) is 7.07. The van der Waals surface area contributed by atoms with Crippen LogP contribution in [0.25, 0.3) is 0 Å². The highest BCUT2D eigenvalue weighted by Crippen LogP contribution is 2.23. The molecule has 142 valence electrons. The number of nitrogens with zero attached hydrogens (tertiary/aromatic N) is 1. The zero-order valence-electron chi connectivity index (χ0n) is 16.3. The molecule has 0 radical (unpaired) electrons. The first-order valence-corrected chi connectivity index (χ1v) is 9.60. The molecule has 2 N–H and O–H groups in total. The van der Waals surface area contributed by atoms with Gasteiger partial charge >= 0.3 is 0 Å². The Morgan fingerprint density at radius 1 is 0.963 bits per heavy atom. The molecular weight excluding hydrogens is 338 g/mol. The van der Waals surface area contributed by atoms with Gasteiger partial charge in [-0.1, -0.05) is 37.0 Å². The van der Waals surface area contributed by atoms with E-state index in [1.165, 1.54) is 12.6 Å². The van der Waals surface area contributed by atoms with Crippen molar-refractivity contribution in [2.24, 2.45) is 0 Å². The average Bonchev–Trinajstić information content (AvgIpc) is 2.65. The zero-order valence-corrected chi connectivity index (χ0v) is 16.3. The van der Waals surface area contributed by atoms with Crippen LogP contribution >= 0.6 is 0 Å². The van der Waals surface area contributed by atoms with Gasteiger partial charge in [0.05, 0.1) is 0 Å². The Morgan fingerprint density at radius 2 is 1.63 bits per heavy atom. The van der Waals surface area contributed by atoms with Gasteiger partial charge in [-0.3, -0.25) is 14.6 Å². The van der Waals surface area contributed by atoms with Crippen LogP contribution in [0.5, 0.6) is 0 Å². The molecule has 5 heteroatoms. The van der Waals surface area contributed by atoms with E-state index in [-0.39, 0.29) is 23.6 Å². The second-order valence-corrected chi connectivity index (χ2v) is 7.47. The van der Waals surface area contributed by atoms with Crippen molar-refractivity contribution in [1.29, 1.82) is 0 Å². The minimum Gasteiger partial charge on any atom is -0.348 e. The molecule has 3 rings (SSSR count). The third kappa shape index (κ3) is 4.73. The fourth-order valence-electron chi connectivity index (χ4n) is 3.77. The summed E-state index contributed by atoms with van der Waals surface area (Å²) in [6, 6.07) is 7.48. The monoisotopic (exact) mass is 365 g/mol. The summed E-state index contributed by atoms with van der Waals surface area (Å²) in [5.41, 5.74) is 4.73. The van der Waals surface area contributed by atoms with Crippen molar-refractivity contribution in [1.82, 2.24) is 10.3 Å². The SMILES string of the molecule is Cc1cc(C)c(NC(=O)c2ccnc(C(=O)NC3CCCCC3)c2)c(C)c1. The Morgan fingerprint density at radius 3 is 2.30 bits per heavy atom. The number of anilines is 1. The van der Waals surface area contributed by atoms with Crippen LogP contribution in [0.4, 0.5) is 5.69 Å². The number of carbonyl (C=O) groups excluding carboxylic acids is 2. The quantitative estimate of drug-likeness (QED) is 0.847. The van der Waals surface area contributed by atoms with E-state index in [2.05, 4.69) is 15.6 Å². The maximum Gasteiger partial charge on any atom is 0.270 e. The molecule has 1 saturated carbocycles. The number of hydrogen-bond donors (Lipinski definition) is 2. The topological polar surface area (TPSA) is 71.1 Å². The molecule has 0 unspecified atom stereocenters. The summed E-state index contributed by atoms with van der Waals surface area (Å²) in [7, 11) is 0. The van der Waals surface area contributed by atoms with Crippen LogP contribution in [0.15, 0.2) is 30.5 Å². The second-order valence-electron chi connectivity index (χ2n) is 7.47. The first-order chi connectivity index (χ1) is 12.9. The molecule has 1 heterocycles. The number of amides is 2. The summed E-state index contributed by atoms with van der Waals surface area (Å²) in [6.45, 7) is 5.99. The van der Waals surface area contributed by atoms with E-state index in [0.29, 0.717) is 5.56 Å². The number of aryl methyl sites for hydroxylation is 3. The number of rotatable bonds is 4. The van der Waals surface area contributed by atoms with Crippen LogP contribution in [-0.2, 0) is 0 Å². The molecule has 2 amide bonds. The van der Waals surface area contributed by atoms with E-state index in [1.807, 2.05) is 32.9 Å². The Bertz CT molecular complexity index is 831. The van der Waals surface area contributed by atoms with Crippen LogP contribution in [0.2, 0.25) is 0 Å². The van der Waals surface area contributed by atoms with Crippen molar-refractivity contribution >= 4 is 17.5 Å². The van der Waals surface area contributed by atoms with E-state index in [1.54, 1.807) is 12.1 Å². The minimum absolute atomic E-state index is 0.209. The lowest BCUT2D eigenvalue weighted by atomic mass is 9.95. The van der Waals surface area contributed by atoms with Gasteiger partial charge in [-0.05, 0) is 56.9 Å². The Kier molecular flexibility index (Phi) is 5.89. The molecule has 1 aliphatic carbocycles. The van der Waals surface area contributed by atoms with Crippen LogP contribution in [0.1, 0.15) is 69.6 Å². The molecular formula is C22H27N3O2. The number of carbonyl (C=O) groups is 2. The van der Waals surface area contributed by atoms with E-state index in [4.69, 9.17) is 0 Å². The smallest absolute Gasteiger partial charge is 0.270 e. The first kappa shape index (κ1) is 19.1. The van der Waals surface area contributed by atoms with E-state index in [9.17, 15) is 9.59 Å². The standard InChI is InChI=1S/C22H27N3O2/c1-14-11-15(2)20(16(3)12-14)25-21(26)17-9-10-23-19(13-17)22(27)24-18-7-5-4-6-8-18/h9-13,18H,4-8H2,1-3H3,(H,24,27)(H,25,26). The van der Waals surface area contributed by atoms with Gasteiger partial charge in [0.2, 0.25) is 0 Å². The van der Waals surface area contributed by atoms with Gasteiger partial charge in [0.15, 0.2) is 0 Å². The van der Waals surface area contributed by atoms with Crippen molar-refractivity contribution in [3.63, 3.8) is 0 Å². The van der Waals surface area contributed by atoms with Gasteiger partial charge in [-0.15, -0.1) is 0 Å². The summed E-state index contributed by atoms with van der Waals surface area (Å²) < 4.78 is 0. The number of nitrogens with one attached hydrogen (secondary N) is 2. The average molecular weight is 365 g/mol. The van der Waals surface area contributed by atoms with Gasteiger partial charge in [-0.2, -0.15) is 0 Å². The maximum atomic E-state index is 12.7. The Labute approximate surface area is 160 Å². The van der Waals surface area contributed by atoms with E-state index in [0.717, 1.165) is 48.1 Å². The fraction of sp³-hybridized carbons (Fsp3) is 0.409. The summed E-state index contributed by atoms with van der Waals surface area (Å²) in [5, 5.41) is 6.01. The molecule has 27 heavy (non-hydrogen) atoms. The highest BCUT2D eigenvalue weighted by Gasteiger charge is 2.18. The van der Waals surface area contributed by atoms with Gasteiger partial charge < -0.3 is 10.6 Å². The van der Waals surface area contributed by atoms with Crippen LogP contribution in [0, 0.1) is 20.8 Å². The molecule has 2 aromatic rings. The molecule has 1 aromatic heterocycles. The molecule has 1 aliphatic rings. The number of hydrogen-bond acceptors (Lipinski definition) is 3. The molecule has 0 spiro atoms. The van der Waals surface area contributed by atoms with Crippen molar-refractivity contribution < 1.29 is 9.59 Å². The van der Waals surface area contributed by atoms with Gasteiger partial charge in [0.25, 0.3) is 11.8 Å². The lowest BCUT2D eigenvalue weighted by molar-refractivity contribution is 0.0922. The highest BCUT2D eigenvalue weighted by atomic mass is 16.2. The lowest BCUT2D eigenvalue weighted by Gasteiger charge is -2.22. The molecule has 0 aliphatic heterocycles. The van der Waals surface area contributed by atoms with E-state index < -0.39 is 0 Å². The molecule has 0 saturated heterocycles. The van der Waals surface area contributed by atoms with Crippen LogP contribution < -0.4 is 10.6 Å². The van der Waals surface area contributed by atoms with E-state index >= 15 is 0 Å². The Balaban J connectivity index is 1.73. The minimum atomic E-state index is -0.237. The third-order valence-corrected chi connectivity index (χ3v) is 5.11. The van der Waals surface area contributed by atoms with Gasteiger partial charge in [-0.25, -0.2) is 0 Å². The van der Waals surface area contributed by atoms with Crippen LogP contribution in [0.3, 0.4) is 0 Å². The van der Waals surface area contributed by atoms with Crippen molar-refractivity contribution in [3.8, 4) is 0 Å². The van der Waals surface area contributed by atoms with Gasteiger partial charge in [0, 0.05) is 23.5 Å². The number of pyridine rings is 1. The Hall–Kier alpha value is -2.69. The predicted molar refractivity (Wildman–Crippen MR) is 107 cm³/mol. The third-order valence-electron chi connectivity index (χ3n) is 5.11. The van der Waals surface area contributed by atoms with Crippen LogP contribution in [-0.4, -0.2) is 22.8 Å². The fourth-order valence-corrected chi connectivity index (χ4v) is 3.77. The van der Waals surface area contributed by atoms with Crippen molar-refractivity contribution in [2.75, 3.05) is 5.32 Å². The molecule has 5 nitrogen and oxygen atoms in total. The predicted octanol–water partition coefficient (Wildman–Crippen LogP) is 4.32. The normalized spacial score (nSPS) is 14.6. The molecule has 0 atom stereocenters. The number of aromatic nitrogens is 1. The summed E-state index contributed by atoms with van der Waals surface area (Å²) >= 11 is 0. The first-order valence-electron chi connectivity index (χ1n) is 9.60. The maximum absolute atomic E-state index is 12.7. The second kappa shape index (κ2) is 8.33. The largest absolute Gasteiger partial charge is 0.348 e. The zero-order chi connectivity index (χ0) is 19.4. The molecule has 1 aromatic carbocycles. The van der Waals surface area contributed by atoms with Crippen molar-refractivity contribution in [3.05, 3.63) is 58.4 Å². The molecule has 0 bridgehead atoms. The van der Waals surface area contributed by atoms with Gasteiger partial charge in [0.1, 0.15) is 5.69 Å². The lowest BCUT2D eigenvalue weighted by Crippen LogP contribution is -2.36. The summed E-state index contributed by atoms with van der Waals surface area (Å²) in [5.74, 6) is -0.446. The number of benzene rings is 1.